The largest absolute Gasteiger partial charge is 0.508 e. The lowest BCUT2D eigenvalue weighted by molar-refractivity contribution is -0.120. The number of hydrogen-bond donors (Lipinski definition) is 2. The van der Waals surface area contributed by atoms with Crippen molar-refractivity contribution in [2.75, 3.05) is 0 Å². The summed E-state index contributed by atoms with van der Waals surface area (Å²) in [6, 6.07) is 6.86. The second-order valence-electron chi connectivity index (χ2n) is 3.94. The van der Waals surface area contributed by atoms with E-state index in [-0.39, 0.29) is 18.1 Å². The van der Waals surface area contributed by atoms with Crippen LogP contribution in [0.2, 0.25) is 0 Å². The van der Waals surface area contributed by atoms with Gasteiger partial charge in [-0.3, -0.25) is 4.79 Å². The molecule has 2 rings (SSSR count). The van der Waals surface area contributed by atoms with E-state index in [0.717, 1.165) is 10.6 Å². The predicted molar refractivity (Wildman–Crippen MR) is 70.5 cm³/mol. The molecule has 0 bridgehead atoms. The number of phenols is 1. The molecule has 0 radical (unpaired) electrons. The minimum absolute atomic E-state index is 0.107. The molecule has 1 aromatic carbocycles. The van der Waals surface area contributed by atoms with Crippen molar-refractivity contribution in [2.24, 2.45) is 0 Å². The number of amides is 1. The number of para-hydroxylation sites is 1. The highest BCUT2D eigenvalue weighted by Crippen LogP contribution is 2.16. The maximum Gasteiger partial charge on any atom is 0.224 e. The summed E-state index contributed by atoms with van der Waals surface area (Å²) < 4.78 is 0. The van der Waals surface area contributed by atoms with Crippen molar-refractivity contribution < 1.29 is 9.90 Å². The van der Waals surface area contributed by atoms with E-state index in [2.05, 4.69) is 10.3 Å². The average molecular weight is 262 g/mol. The molecule has 0 atom stereocenters. The van der Waals surface area contributed by atoms with Gasteiger partial charge in [-0.05, 0) is 13.0 Å². The molecule has 1 heterocycles. The maximum atomic E-state index is 11.7. The van der Waals surface area contributed by atoms with Gasteiger partial charge in [-0.25, -0.2) is 4.98 Å². The quantitative estimate of drug-likeness (QED) is 0.886. The van der Waals surface area contributed by atoms with Crippen molar-refractivity contribution in [1.82, 2.24) is 10.3 Å². The first kappa shape index (κ1) is 12.6. The summed E-state index contributed by atoms with van der Waals surface area (Å²) in [5, 5.41) is 12.4. The zero-order chi connectivity index (χ0) is 13.0. The van der Waals surface area contributed by atoms with Crippen LogP contribution in [0.5, 0.6) is 5.75 Å². The number of rotatable bonds is 4. The van der Waals surface area contributed by atoms with Gasteiger partial charge >= 0.3 is 0 Å². The third kappa shape index (κ3) is 3.07. The predicted octanol–water partition coefficient (Wildman–Crippen LogP) is 2.02. The number of nitrogens with zero attached hydrogens (tertiary/aromatic N) is 1. The van der Waals surface area contributed by atoms with E-state index in [1.54, 1.807) is 29.8 Å². The van der Waals surface area contributed by atoms with Gasteiger partial charge in [-0.15, -0.1) is 11.3 Å². The highest BCUT2D eigenvalue weighted by Gasteiger charge is 2.08. The Kier molecular flexibility index (Phi) is 3.94. The number of aromatic hydroxyl groups is 1. The van der Waals surface area contributed by atoms with Gasteiger partial charge in [0, 0.05) is 10.4 Å². The molecule has 0 aliphatic heterocycles. The first-order chi connectivity index (χ1) is 8.66. The Labute approximate surface area is 109 Å². The lowest BCUT2D eigenvalue weighted by atomic mass is 10.1. The molecule has 0 aliphatic carbocycles. The van der Waals surface area contributed by atoms with Gasteiger partial charge in [-0.2, -0.15) is 0 Å². The topological polar surface area (TPSA) is 62.2 Å². The molecule has 0 spiro atoms. The molecular formula is C13H14N2O2S. The summed E-state index contributed by atoms with van der Waals surface area (Å²) in [5.74, 6) is 0.0471. The molecule has 18 heavy (non-hydrogen) atoms. The third-order valence-corrected chi connectivity index (χ3v) is 3.57. The first-order valence-electron chi connectivity index (χ1n) is 5.59. The molecule has 2 aromatic rings. The van der Waals surface area contributed by atoms with Crippen molar-refractivity contribution in [3.05, 3.63) is 45.9 Å². The lowest BCUT2D eigenvalue weighted by Crippen LogP contribution is -2.24. The highest BCUT2D eigenvalue weighted by atomic mass is 32.1. The second kappa shape index (κ2) is 5.64. The molecule has 4 nitrogen and oxygen atoms in total. The molecule has 1 aromatic heterocycles. The van der Waals surface area contributed by atoms with Crippen molar-refractivity contribution >= 4 is 17.2 Å². The van der Waals surface area contributed by atoms with Crippen molar-refractivity contribution in [3.8, 4) is 5.75 Å². The van der Waals surface area contributed by atoms with E-state index in [1.807, 2.05) is 6.92 Å². The summed E-state index contributed by atoms with van der Waals surface area (Å²) in [4.78, 5) is 16.9. The number of carbonyl (C=O) groups is 1. The Morgan fingerprint density at radius 2 is 2.22 bits per heavy atom. The molecule has 1 amide bonds. The van der Waals surface area contributed by atoms with Gasteiger partial charge in [0.1, 0.15) is 5.75 Å². The smallest absolute Gasteiger partial charge is 0.224 e. The van der Waals surface area contributed by atoms with Crippen LogP contribution in [0.3, 0.4) is 0 Å². The molecular weight excluding hydrogens is 248 g/mol. The van der Waals surface area contributed by atoms with Crippen LogP contribution >= 0.6 is 11.3 Å². The molecule has 5 heteroatoms. The van der Waals surface area contributed by atoms with E-state index >= 15 is 0 Å². The third-order valence-electron chi connectivity index (χ3n) is 2.63. The molecule has 0 saturated heterocycles. The number of aryl methyl sites for hydroxylation is 1. The summed E-state index contributed by atoms with van der Waals surface area (Å²) in [7, 11) is 0. The summed E-state index contributed by atoms with van der Waals surface area (Å²) in [5.41, 5.74) is 3.35. The van der Waals surface area contributed by atoms with E-state index in [9.17, 15) is 9.90 Å². The van der Waals surface area contributed by atoms with Crippen LogP contribution in [0.1, 0.15) is 16.1 Å². The van der Waals surface area contributed by atoms with Gasteiger partial charge < -0.3 is 10.4 Å². The van der Waals surface area contributed by atoms with Crippen molar-refractivity contribution in [3.63, 3.8) is 0 Å². The Morgan fingerprint density at radius 3 is 2.89 bits per heavy atom. The molecule has 2 N–H and O–H groups in total. The van der Waals surface area contributed by atoms with Crippen LogP contribution in [-0.2, 0) is 17.8 Å². The van der Waals surface area contributed by atoms with E-state index in [1.165, 1.54) is 11.3 Å². The molecule has 0 saturated carbocycles. The number of carbonyl (C=O) groups excluding carboxylic acids is 1. The Balaban J connectivity index is 1.90. The minimum Gasteiger partial charge on any atom is -0.508 e. The lowest BCUT2D eigenvalue weighted by Gasteiger charge is -2.05. The number of aromatic nitrogens is 1. The van der Waals surface area contributed by atoms with Crippen LogP contribution in [0.25, 0.3) is 0 Å². The number of thiazole rings is 1. The highest BCUT2D eigenvalue weighted by molar-refractivity contribution is 7.09. The molecule has 0 unspecified atom stereocenters. The Morgan fingerprint density at radius 1 is 1.44 bits per heavy atom. The number of benzene rings is 1. The van der Waals surface area contributed by atoms with Crippen molar-refractivity contribution in [2.45, 2.75) is 19.9 Å². The monoisotopic (exact) mass is 262 g/mol. The average Bonchev–Trinajstić information content (AvgIpc) is 2.75. The standard InChI is InChI=1S/C13H14N2O2S/c1-9-12(18-8-15-9)7-14-13(17)6-10-4-2-3-5-11(10)16/h2-5,8,16H,6-7H2,1H3,(H,14,17). The van der Waals surface area contributed by atoms with E-state index in [0.29, 0.717) is 12.1 Å². The SMILES string of the molecule is Cc1ncsc1CNC(=O)Cc1ccccc1O. The molecule has 0 fully saturated rings. The van der Waals surface area contributed by atoms with Gasteiger partial charge in [-0.1, -0.05) is 18.2 Å². The maximum absolute atomic E-state index is 11.7. The van der Waals surface area contributed by atoms with Gasteiger partial charge in [0.05, 0.1) is 24.2 Å². The Hall–Kier alpha value is -1.88. The number of hydrogen-bond acceptors (Lipinski definition) is 4. The molecule has 94 valence electrons. The van der Waals surface area contributed by atoms with Crippen LogP contribution < -0.4 is 5.32 Å². The van der Waals surface area contributed by atoms with Crippen LogP contribution in [0.4, 0.5) is 0 Å². The van der Waals surface area contributed by atoms with Gasteiger partial charge in [0.2, 0.25) is 5.91 Å². The summed E-state index contributed by atoms with van der Waals surface area (Å²) in [6.07, 6.45) is 0.185. The van der Waals surface area contributed by atoms with Crippen LogP contribution in [0.15, 0.2) is 29.8 Å². The normalized spacial score (nSPS) is 10.3. The van der Waals surface area contributed by atoms with Crippen molar-refractivity contribution in [1.29, 1.82) is 0 Å². The van der Waals surface area contributed by atoms with Gasteiger partial charge in [0.15, 0.2) is 0 Å². The zero-order valence-corrected chi connectivity index (χ0v) is 10.8. The zero-order valence-electron chi connectivity index (χ0n) is 10.0. The van der Waals surface area contributed by atoms with Crippen LogP contribution in [-0.4, -0.2) is 16.0 Å². The summed E-state index contributed by atoms with van der Waals surface area (Å²) >= 11 is 1.53. The fourth-order valence-electron chi connectivity index (χ4n) is 1.57. The first-order valence-corrected chi connectivity index (χ1v) is 6.47. The fraction of sp³-hybridized carbons (Fsp3) is 0.231. The number of phenolic OH excluding ortho intramolecular Hbond substituents is 1. The van der Waals surface area contributed by atoms with Crippen LogP contribution in [0, 0.1) is 6.92 Å². The Bertz CT molecular complexity index is 551. The summed E-state index contributed by atoms with van der Waals surface area (Å²) in [6.45, 7) is 2.41. The minimum atomic E-state index is -0.107. The van der Waals surface area contributed by atoms with E-state index < -0.39 is 0 Å². The van der Waals surface area contributed by atoms with E-state index in [4.69, 9.17) is 0 Å². The number of nitrogens with one attached hydrogen (secondary N) is 1. The second-order valence-corrected chi connectivity index (χ2v) is 4.88. The van der Waals surface area contributed by atoms with Gasteiger partial charge in [0.25, 0.3) is 0 Å². The molecule has 0 aliphatic rings. The fourth-order valence-corrected chi connectivity index (χ4v) is 2.29.